The number of amides is 2. The van der Waals surface area contributed by atoms with E-state index in [1.807, 2.05) is 12.1 Å². The van der Waals surface area contributed by atoms with Gasteiger partial charge >= 0.3 is 5.97 Å². The molecule has 2 atom stereocenters. The normalized spacial score (nSPS) is 34.4. The standard InChI is InChI=1S/C15H17N3O4/c1-2-22-14(21)9-3-5-15(6-4-9)10(7-16)12(19)18-13(20)11(15)8-17/h9-11H,2-6H2,1H3,(H,18,19,20). The summed E-state index contributed by atoms with van der Waals surface area (Å²) in [6.45, 7) is 2.02. The lowest BCUT2D eigenvalue weighted by Gasteiger charge is -2.46. The molecule has 2 unspecified atom stereocenters. The van der Waals surface area contributed by atoms with Gasteiger partial charge in [-0.2, -0.15) is 10.5 Å². The number of carbonyl (C=O) groups is 3. The Balaban J connectivity index is 2.25. The third-order valence-electron chi connectivity index (χ3n) is 4.72. The van der Waals surface area contributed by atoms with Gasteiger partial charge in [0.2, 0.25) is 11.8 Å². The Bertz CT molecular complexity index is 545. The van der Waals surface area contributed by atoms with Crippen molar-refractivity contribution in [1.82, 2.24) is 5.32 Å². The van der Waals surface area contributed by atoms with Crippen LogP contribution in [-0.4, -0.2) is 24.4 Å². The van der Waals surface area contributed by atoms with Crippen LogP contribution in [0.4, 0.5) is 0 Å². The second-order valence-corrected chi connectivity index (χ2v) is 5.74. The average molecular weight is 303 g/mol. The first kappa shape index (κ1) is 16.0. The van der Waals surface area contributed by atoms with Crippen LogP contribution in [0, 0.1) is 45.8 Å². The number of carbonyl (C=O) groups excluding carboxylic acids is 3. The third kappa shape index (κ3) is 2.43. The molecule has 1 spiro atoms. The number of nitrogens with zero attached hydrogens (tertiary/aromatic N) is 2. The summed E-state index contributed by atoms with van der Waals surface area (Å²) >= 11 is 0. The highest BCUT2D eigenvalue weighted by molar-refractivity contribution is 6.03. The zero-order valence-electron chi connectivity index (χ0n) is 12.3. The van der Waals surface area contributed by atoms with Crippen molar-refractivity contribution in [3.63, 3.8) is 0 Å². The summed E-state index contributed by atoms with van der Waals surface area (Å²) in [6.07, 6.45) is 1.45. The molecule has 1 aliphatic heterocycles. The number of piperidine rings is 1. The van der Waals surface area contributed by atoms with Crippen LogP contribution in [0.25, 0.3) is 0 Å². The maximum absolute atomic E-state index is 11.9. The fourth-order valence-electron chi connectivity index (χ4n) is 3.56. The molecule has 2 fully saturated rings. The van der Waals surface area contributed by atoms with Crippen LogP contribution in [0.5, 0.6) is 0 Å². The zero-order valence-corrected chi connectivity index (χ0v) is 12.3. The van der Waals surface area contributed by atoms with Crippen LogP contribution < -0.4 is 5.32 Å². The lowest BCUT2D eigenvalue weighted by Crippen LogP contribution is -2.58. The van der Waals surface area contributed by atoms with E-state index in [0.29, 0.717) is 32.3 Å². The van der Waals surface area contributed by atoms with Crippen molar-refractivity contribution in [3.8, 4) is 12.1 Å². The van der Waals surface area contributed by atoms with Crippen LogP contribution in [0.1, 0.15) is 32.6 Å². The van der Waals surface area contributed by atoms with E-state index in [2.05, 4.69) is 5.32 Å². The first-order chi connectivity index (χ1) is 10.5. The van der Waals surface area contributed by atoms with Gasteiger partial charge in [-0.25, -0.2) is 0 Å². The molecular weight excluding hydrogens is 286 g/mol. The van der Waals surface area contributed by atoms with Crippen LogP contribution in [0.3, 0.4) is 0 Å². The van der Waals surface area contributed by atoms with Crippen molar-refractivity contribution in [1.29, 1.82) is 10.5 Å². The van der Waals surface area contributed by atoms with Crippen molar-refractivity contribution in [2.45, 2.75) is 32.6 Å². The van der Waals surface area contributed by atoms with Gasteiger partial charge in [-0.1, -0.05) is 0 Å². The van der Waals surface area contributed by atoms with Crippen LogP contribution in [-0.2, 0) is 19.1 Å². The van der Waals surface area contributed by atoms with Gasteiger partial charge in [0.05, 0.1) is 24.7 Å². The summed E-state index contributed by atoms with van der Waals surface area (Å²) in [6, 6.07) is 3.87. The topological polar surface area (TPSA) is 120 Å². The van der Waals surface area contributed by atoms with Crippen LogP contribution in [0.15, 0.2) is 0 Å². The number of hydrogen-bond donors (Lipinski definition) is 1. The predicted molar refractivity (Wildman–Crippen MR) is 72.4 cm³/mol. The molecular formula is C15H17N3O4. The number of rotatable bonds is 2. The summed E-state index contributed by atoms with van der Waals surface area (Å²) < 4.78 is 4.99. The molecule has 2 rings (SSSR count). The van der Waals surface area contributed by atoms with Gasteiger partial charge < -0.3 is 4.74 Å². The molecule has 116 valence electrons. The summed E-state index contributed by atoms with van der Waals surface area (Å²) in [5.74, 6) is -3.98. The molecule has 1 aliphatic carbocycles. The Morgan fingerprint density at radius 1 is 1.23 bits per heavy atom. The lowest BCUT2D eigenvalue weighted by molar-refractivity contribution is -0.153. The van der Waals surface area contributed by atoms with Gasteiger partial charge in [0, 0.05) is 5.41 Å². The van der Waals surface area contributed by atoms with E-state index in [4.69, 9.17) is 4.74 Å². The Labute approximate surface area is 128 Å². The number of hydrogen-bond acceptors (Lipinski definition) is 6. The van der Waals surface area contributed by atoms with Crippen molar-refractivity contribution in [3.05, 3.63) is 0 Å². The number of nitrogens with one attached hydrogen (secondary N) is 1. The highest BCUT2D eigenvalue weighted by Gasteiger charge is 2.57. The van der Waals surface area contributed by atoms with E-state index < -0.39 is 29.1 Å². The minimum absolute atomic E-state index is 0.295. The largest absolute Gasteiger partial charge is 0.466 e. The molecule has 1 saturated carbocycles. The van der Waals surface area contributed by atoms with Gasteiger partial charge in [0.25, 0.3) is 0 Å². The monoisotopic (exact) mass is 303 g/mol. The Hall–Kier alpha value is -2.41. The summed E-state index contributed by atoms with van der Waals surface area (Å²) in [7, 11) is 0. The van der Waals surface area contributed by atoms with Crippen LogP contribution in [0.2, 0.25) is 0 Å². The fraction of sp³-hybridized carbons (Fsp3) is 0.667. The fourth-order valence-corrected chi connectivity index (χ4v) is 3.56. The number of esters is 1. The second-order valence-electron chi connectivity index (χ2n) is 5.74. The molecule has 0 radical (unpaired) electrons. The van der Waals surface area contributed by atoms with E-state index in [-0.39, 0.29) is 11.9 Å². The van der Waals surface area contributed by atoms with Gasteiger partial charge in [0.15, 0.2) is 0 Å². The van der Waals surface area contributed by atoms with E-state index in [1.165, 1.54) is 0 Å². The molecule has 1 N–H and O–H groups in total. The molecule has 1 saturated heterocycles. The number of nitriles is 2. The predicted octanol–water partition coefficient (Wildman–Crippen LogP) is 0.662. The molecule has 0 aromatic rings. The average Bonchev–Trinajstić information content (AvgIpc) is 2.48. The van der Waals surface area contributed by atoms with Gasteiger partial charge in [-0.05, 0) is 32.6 Å². The molecule has 22 heavy (non-hydrogen) atoms. The zero-order chi connectivity index (χ0) is 16.3. The molecule has 0 bridgehead atoms. The minimum Gasteiger partial charge on any atom is -0.466 e. The first-order valence-corrected chi connectivity index (χ1v) is 7.30. The first-order valence-electron chi connectivity index (χ1n) is 7.30. The van der Waals surface area contributed by atoms with E-state index in [9.17, 15) is 24.9 Å². The van der Waals surface area contributed by atoms with E-state index in [0.717, 1.165) is 0 Å². The van der Waals surface area contributed by atoms with Crippen molar-refractivity contribution in [2.75, 3.05) is 6.61 Å². The van der Waals surface area contributed by atoms with Gasteiger partial charge in [0.1, 0.15) is 11.8 Å². The lowest BCUT2D eigenvalue weighted by atomic mass is 9.56. The van der Waals surface area contributed by atoms with Gasteiger partial charge in [-0.15, -0.1) is 0 Å². The molecule has 7 nitrogen and oxygen atoms in total. The molecule has 2 amide bonds. The van der Waals surface area contributed by atoms with Gasteiger partial charge in [-0.3, -0.25) is 19.7 Å². The van der Waals surface area contributed by atoms with E-state index >= 15 is 0 Å². The Kier molecular flexibility index (Phi) is 4.46. The highest BCUT2D eigenvalue weighted by Crippen LogP contribution is 2.51. The van der Waals surface area contributed by atoms with Crippen LogP contribution >= 0.6 is 0 Å². The number of ether oxygens (including phenoxy) is 1. The third-order valence-corrected chi connectivity index (χ3v) is 4.72. The van der Waals surface area contributed by atoms with E-state index in [1.54, 1.807) is 6.92 Å². The summed E-state index contributed by atoms with van der Waals surface area (Å²) in [4.78, 5) is 35.7. The number of imide groups is 1. The molecule has 0 aromatic heterocycles. The highest BCUT2D eigenvalue weighted by atomic mass is 16.5. The molecule has 7 heteroatoms. The summed E-state index contributed by atoms with van der Waals surface area (Å²) in [5.41, 5.74) is -0.994. The Morgan fingerprint density at radius 3 is 2.14 bits per heavy atom. The smallest absolute Gasteiger partial charge is 0.308 e. The molecule has 0 aromatic carbocycles. The van der Waals surface area contributed by atoms with Crippen molar-refractivity contribution in [2.24, 2.45) is 23.2 Å². The quantitative estimate of drug-likeness (QED) is 0.591. The maximum Gasteiger partial charge on any atom is 0.308 e. The SMILES string of the molecule is CCOC(=O)C1CCC2(CC1)C(C#N)C(=O)NC(=O)C2C#N. The summed E-state index contributed by atoms with van der Waals surface area (Å²) in [5, 5.41) is 20.7. The Morgan fingerprint density at radius 2 is 1.73 bits per heavy atom. The van der Waals surface area contributed by atoms with Crippen molar-refractivity contribution < 1.29 is 19.1 Å². The molecule has 2 aliphatic rings. The van der Waals surface area contributed by atoms with Crippen molar-refractivity contribution >= 4 is 17.8 Å². The second kappa shape index (κ2) is 6.15. The maximum atomic E-state index is 11.9. The molecule has 1 heterocycles. The minimum atomic E-state index is -1.04.